The number of oxime groups is 1. The summed E-state index contributed by atoms with van der Waals surface area (Å²) in [5, 5.41) is 32.5. The third-order valence-corrected chi connectivity index (χ3v) is 6.25. The molecule has 8 heteroatoms. The lowest BCUT2D eigenvalue weighted by atomic mass is 9.99. The van der Waals surface area contributed by atoms with E-state index in [1.807, 2.05) is 26.0 Å². The Morgan fingerprint density at radius 1 is 1.23 bits per heavy atom. The van der Waals surface area contributed by atoms with E-state index in [0.29, 0.717) is 47.1 Å². The molecule has 2 rings (SSSR count). The Hall–Kier alpha value is -2.38. The van der Waals surface area contributed by atoms with Gasteiger partial charge in [0, 0.05) is 21.8 Å². The summed E-state index contributed by atoms with van der Waals surface area (Å²) in [6.45, 7) is 4.37. The molecule has 0 saturated heterocycles. The van der Waals surface area contributed by atoms with Crippen molar-refractivity contribution in [3.63, 3.8) is 0 Å². The molecule has 0 amide bonds. The standard InChI is InChI=1S/C23H28ClNO5S/c1-3-6-17-20(9-8-16(23(17)28)19(4-2)25-29)30-11-5-12-31-21-10-7-15(13-18(21)24)14-22(26)27/h7-10,13,28-29H,3-6,11-12,14H2,1-2H3,(H,26,27)/b25-19+. The molecule has 0 atom stereocenters. The summed E-state index contributed by atoms with van der Waals surface area (Å²) in [6, 6.07) is 8.84. The molecular weight excluding hydrogens is 438 g/mol. The Balaban J connectivity index is 1.95. The lowest BCUT2D eigenvalue weighted by Gasteiger charge is -2.16. The number of carboxylic acid groups (broad SMARTS) is 1. The molecule has 31 heavy (non-hydrogen) atoms. The van der Waals surface area contributed by atoms with Crippen LogP contribution in [-0.4, -0.2) is 39.5 Å². The summed E-state index contributed by atoms with van der Waals surface area (Å²) in [6.07, 6.45) is 2.73. The Kier molecular flexibility index (Phi) is 10.0. The molecular formula is C23H28ClNO5S. The first-order chi connectivity index (χ1) is 14.9. The van der Waals surface area contributed by atoms with Crippen LogP contribution in [0.4, 0.5) is 0 Å². The average Bonchev–Trinajstić information content (AvgIpc) is 2.73. The number of halogens is 1. The zero-order chi connectivity index (χ0) is 22.8. The summed E-state index contributed by atoms with van der Waals surface area (Å²) >= 11 is 7.85. The second kappa shape index (κ2) is 12.5. The van der Waals surface area contributed by atoms with Crippen LogP contribution in [-0.2, 0) is 17.6 Å². The van der Waals surface area contributed by atoms with Crippen molar-refractivity contribution >= 4 is 35.0 Å². The molecule has 0 aliphatic rings. The highest BCUT2D eigenvalue weighted by Gasteiger charge is 2.16. The largest absolute Gasteiger partial charge is 0.507 e. The molecule has 2 aromatic rings. The molecule has 2 aromatic carbocycles. The molecule has 0 saturated carbocycles. The van der Waals surface area contributed by atoms with Gasteiger partial charge in [0.25, 0.3) is 0 Å². The van der Waals surface area contributed by atoms with Gasteiger partial charge in [0.2, 0.25) is 0 Å². The Labute approximate surface area is 191 Å². The van der Waals surface area contributed by atoms with Crippen LogP contribution in [0.5, 0.6) is 11.5 Å². The van der Waals surface area contributed by atoms with Crippen molar-refractivity contribution in [2.75, 3.05) is 12.4 Å². The van der Waals surface area contributed by atoms with Gasteiger partial charge in [-0.25, -0.2) is 0 Å². The summed E-state index contributed by atoms with van der Waals surface area (Å²) in [4.78, 5) is 11.7. The maximum atomic E-state index is 10.8. The van der Waals surface area contributed by atoms with Gasteiger partial charge in [0.1, 0.15) is 11.5 Å². The van der Waals surface area contributed by atoms with E-state index in [4.69, 9.17) is 26.7 Å². The van der Waals surface area contributed by atoms with Crippen LogP contribution in [0.1, 0.15) is 49.8 Å². The third-order valence-electron chi connectivity index (χ3n) is 4.66. The van der Waals surface area contributed by atoms with E-state index < -0.39 is 5.97 Å². The van der Waals surface area contributed by atoms with Crippen LogP contribution in [0.15, 0.2) is 40.4 Å². The second-order valence-electron chi connectivity index (χ2n) is 6.97. The van der Waals surface area contributed by atoms with Gasteiger partial charge in [-0.2, -0.15) is 0 Å². The normalized spacial score (nSPS) is 11.5. The van der Waals surface area contributed by atoms with Crippen LogP contribution < -0.4 is 4.74 Å². The van der Waals surface area contributed by atoms with Gasteiger partial charge < -0.3 is 20.2 Å². The van der Waals surface area contributed by atoms with Gasteiger partial charge in [0.15, 0.2) is 0 Å². The molecule has 168 valence electrons. The maximum Gasteiger partial charge on any atom is 0.307 e. The fourth-order valence-electron chi connectivity index (χ4n) is 3.16. The zero-order valence-electron chi connectivity index (χ0n) is 17.7. The lowest BCUT2D eigenvalue weighted by molar-refractivity contribution is -0.136. The topological polar surface area (TPSA) is 99.4 Å². The van der Waals surface area contributed by atoms with Gasteiger partial charge in [0.05, 0.1) is 23.8 Å². The zero-order valence-corrected chi connectivity index (χ0v) is 19.3. The molecule has 6 nitrogen and oxygen atoms in total. The van der Waals surface area contributed by atoms with Gasteiger partial charge in [-0.15, -0.1) is 11.8 Å². The van der Waals surface area contributed by atoms with Gasteiger partial charge >= 0.3 is 5.97 Å². The molecule has 3 N–H and O–H groups in total. The van der Waals surface area contributed by atoms with E-state index in [9.17, 15) is 9.90 Å². The van der Waals surface area contributed by atoms with Gasteiger partial charge in [-0.3, -0.25) is 4.79 Å². The lowest BCUT2D eigenvalue weighted by Crippen LogP contribution is -2.06. The van der Waals surface area contributed by atoms with Crippen molar-refractivity contribution in [3.05, 3.63) is 52.0 Å². The molecule has 0 aromatic heterocycles. The number of hydrogen-bond acceptors (Lipinski definition) is 6. The molecule has 0 aliphatic heterocycles. The molecule has 0 radical (unpaired) electrons. The summed E-state index contributed by atoms with van der Waals surface area (Å²) < 4.78 is 5.93. The highest BCUT2D eigenvalue weighted by molar-refractivity contribution is 7.99. The van der Waals surface area contributed by atoms with Crippen molar-refractivity contribution in [2.45, 2.75) is 50.8 Å². The molecule has 0 aliphatic carbocycles. The van der Waals surface area contributed by atoms with Crippen LogP contribution in [0.25, 0.3) is 0 Å². The van der Waals surface area contributed by atoms with E-state index in [-0.39, 0.29) is 12.2 Å². The Morgan fingerprint density at radius 2 is 2.00 bits per heavy atom. The summed E-state index contributed by atoms with van der Waals surface area (Å²) in [5.74, 6) is 0.640. The smallest absolute Gasteiger partial charge is 0.307 e. The van der Waals surface area contributed by atoms with Gasteiger partial charge in [-0.05, 0) is 49.1 Å². The maximum absolute atomic E-state index is 10.8. The molecule has 0 bridgehead atoms. The van der Waals surface area contributed by atoms with Crippen molar-refractivity contribution in [1.82, 2.24) is 0 Å². The van der Waals surface area contributed by atoms with Crippen molar-refractivity contribution in [2.24, 2.45) is 5.16 Å². The highest BCUT2D eigenvalue weighted by atomic mass is 35.5. The number of rotatable bonds is 12. The number of aromatic hydroxyl groups is 1. The monoisotopic (exact) mass is 465 g/mol. The average molecular weight is 466 g/mol. The van der Waals surface area contributed by atoms with E-state index in [1.165, 1.54) is 0 Å². The van der Waals surface area contributed by atoms with E-state index in [0.717, 1.165) is 29.1 Å². The molecule has 0 unspecified atom stereocenters. The highest BCUT2D eigenvalue weighted by Crippen LogP contribution is 2.34. The summed E-state index contributed by atoms with van der Waals surface area (Å²) in [5.41, 5.74) is 2.36. The Morgan fingerprint density at radius 3 is 2.61 bits per heavy atom. The number of carboxylic acids is 1. The van der Waals surface area contributed by atoms with Crippen molar-refractivity contribution < 1.29 is 25.0 Å². The number of phenols is 1. The number of hydrogen-bond donors (Lipinski definition) is 3. The quantitative estimate of drug-likeness (QED) is 0.121. The number of carbonyl (C=O) groups is 1. The number of nitrogens with zero attached hydrogens (tertiary/aromatic N) is 1. The van der Waals surface area contributed by atoms with Crippen LogP contribution in [0.3, 0.4) is 0 Å². The third kappa shape index (κ3) is 7.08. The van der Waals surface area contributed by atoms with Crippen LogP contribution in [0, 0.1) is 0 Å². The molecule has 0 fully saturated rings. The SMILES string of the molecule is CCCc1c(OCCCSc2ccc(CC(=O)O)cc2Cl)ccc(/C(CC)=N/O)c1O. The first-order valence-electron chi connectivity index (χ1n) is 10.2. The second-order valence-corrected chi connectivity index (χ2v) is 8.52. The first kappa shape index (κ1) is 24.9. The number of phenolic OH excluding ortho intramolecular Hbond substituents is 1. The van der Waals surface area contributed by atoms with Gasteiger partial charge in [-0.1, -0.05) is 43.1 Å². The van der Waals surface area contributed by atoms with Crippen molar-refractivity contribution in [1.29, 1.82) is 0 Å². The van der Waals surface area contributed by atoms with Crippen molar-refractivity contribution in [3.8, 4) is 11.5 Å². The minimum absolute atomic E-state index is 0.0475. The predicted octanol–water partition coefficient (Wildman–Crippen LogP) is 5.77. The van der Waals surface area contributed by atoms with E-state index in [2.05, 4.69) is 5.16 Å². The number of aliphatic carboxylic acids is 1. The van der Waals surface area contributed by atoms with Crippen LogP contribution in [0.2, 0.25) is 5.02 Å². The minimum Gasteiger partial charge on any atom is -0.507 e. The van der Waals surface area contributed by atoms with E-state index >= 15 is 0 Å². The Bertz CT molecular complexity index is 932. The number of thioether (sulfide) groups is 1. The fraction of sp³-hybridized carbons (Fsp3) is 0.391. The number of benzene rings is 2. The minimum atomic E-state index is -0.885. The van der Waals surface area contributed by atoms with Crippen LogP contribution >= 0.6 is 23.4 Å². The number of ether oxygens (including phenoxy) is 1. The fourth-order valence-corrected chi connectivity index (χ4v) is 4.37. The summed E-state index contributed by atoms with van der Waals surface area (Å²) in [7, 11) is 0. The molecule has 0 spiro atoms. The molecule has 0 heterocycles. The predicted molar refractivity (Wildman–Crippen MR) is 124 cm³/mol. The van der Waals surface area contributed by atoms with E-state index in [1.54, 1.807) is 30.0 Å². The first-order valence-corrected chi connectivity index (χ1v) is 11.6.